The highest BCUT2D eigenvalue weighted by molar-refractivity contribution is 5.73. The molecule has 0 unspecified atom stereocenters. The lowest BCUT2D eigenvalue weighted by Crippen LogP contribution is -2.38. The standard InChI is InChI=1S/C21H27FN2O.C2HF3O2/c1-23-18-6-8-19(9-7-18)24-14-17-13-16(5-12-21(17)22)15-3-10-20(25-2)11-4-15;3-2(4,5)1(6)7/h3-5,10-13,18-19,23-24H,6-9,14H2,1-2H3;(H,6,7). The number of alkyl halides is 3. The van der Waals surface area contributed by atoms with Crippen molar-refractivity contribution in [3.8, 4) is 16.9 Å². The van der Waals surface area contributed by atoms with Gasteiger partial charge in [0.05, 0.1) is 7.11 Å². The number of carboxylic acids is 1. The minimum atomic E-state index is -5.08. The number of hydrogen-bond acceptors (Lipinski definition) is 4. The highest BCUT2D eigenvalue weighted by atomic mass is 19.4. The van der Waals surface area contributed by atoms with Gasteiger partial charge in [-0.3, -0.25) is 0 Å². The van der Waals surface area contributed by atoms with Crippen LogP contribution in [0.5, 0.6) is 5.75 Å². The van der Waals surface area contributed by atoms with E-state index in [1.165, 1.54) is 12.8 Å². The molecule has 2 aromatic rings. The second-order valence-electron chi connectivity index (χ2n) is 7.56. The van der Waals surface area contributed by atoms with Crippen LogP contribution in [0, 0.1) is 5.82 Å². The van der Waals surface area contributed by atoms with Crippen LogP contribution in [-0.4, -0.2) is 43.5 Å². The van der Waals surface area contributed by atoms with E-state index in [0.29, 0.717) is 18.6 Å². The summed E-state index contributed by atoms with van der Waals surface area (Å²) in [5.41, 5.74) is 2.82. The zero-order chi connectivity index (χ0) is 23.7. The zero-order valence-electron chi connectivity index (χ0n) is 18.0. The molecule has 3 rings (SSSR count). The second-order valence-corrected chi connectivity index (χ2v) is 7.56. The van der Waals surface area contributed by atoms with Crippen molar-refractivity contribution in [3.05, 3.63) is 53.8 Å². The molecular weight excluding hydrogens is 428 g/mol. The molecule has 3 N–H and O–H groups in total. The molecule has 0 radical (unpaired) electrons. The quantitative estimate of drug-likeness (QED) is 0.547. The van der Waals surface area contributed by atoms with Gasteiger partial charge in [-0.2, -0.15) is 13.2 Å². The van der Waals surface area contributed by atoms with E-state index in [1.54, 1.807) is 13.2 Å². The molecule has 0 aromatic heterocycles. The number of hydrogen-bond donors (Lipinski definition) is 3. The van der Waals surface area contributed by atoms with Gasteiger partial charge in [-0.1, -0.05) is 18.2 Å². The highest BCUT2D eigenvalue weighted by Crippen LogP contribution is 2.25. The molecule has 0 atom stereocenters. The van der Waals surface area contributed by atoms with Gasteiger partial charge < -0.3 is 20.5 Å². The third-order valence-electron chi connectivity index (χ3n) is 5.43. The van der Waals surface area contributed by atoms with Gasteiger partial charge in [-0.25, -0.2) is 9.18 Å². The molecule has 5 nitrogen and oxygen atoms in total. The maximum absolute atomic E-state index is 14.2. The van der Waals surface area contributed by atoms with Crippen molar-refractivity contribution >= 4 is 5.97 Å². The van der Waals surface area contributed by atoms with Crippen LogP contribution in [0.2, 0.25) is 0 Å². The largest absolute Gasteiger partial charge is 0.497 e. The number of aliphatic carboxylic acids is 1. The number of halogens is 4. The lowest BCUT2D eigenvalue weighted by atomic mass is 9.91. The molecule has 2 aromatic carbocycles. The molecule has 9 heteroatoms. The van der Waals surface area contributed by atoms with Crippen LogP contribution < -0.4 is 15.4 Å². The number of methoxy groups -OCH3 is 1. The van der Waals surface area contributed by atoms with Crippen molar-refractivity contribution in [1.82, 2.24) is 10.6 Å². The van der Waals surface area contributed by atoms with E-state index in [4.69, 9.17) is 14.6 Å². The van der Waals surface area contributed by atoms with Crippen molar-refractivity contribution < 1.29 is 32.2 Å². The average molecular weight is 456 g/mol. The molecule has 1 aliphatic carbocycles. The van der Waals surface area contributed by atoms with Crippen molar-refractivity contribution in [1.29, 1.82) is 0 Å². The average Bonchev–Trinajstić information content (AvgIpc) is 2.79. The van der Waals surface area contributed by atoms with Gasteiger partial charge in [0, 0.05) is 24.2 Å². The van der Waals surface area contributed by atoms with Crippen molar-refractivity contribution in [3.63, 3.8) is 0 Å². The van der Waals surface area contributed by atoms with Crippen molar-refractivity contribution in [2.45, 2.75) is 50.5 Å². The van der Waals surface area contributed by atoms with E-state index in [1.807, 2.05) is 43.4 Å². The van der Waals surface area contributed by atoms with Crippen LogP contribution in [0.25, 0.3) is 11.1 Å². The van der Waals surface area contributed by atoms with Crippen molar-refractivity contribution in [2.75, 3.05) is 14.2 Å². The summed E-state index contributed by atoms with van der Waals surface area (Å²) in [5.74, 6) is -2.08. The van der Waals surface area contributed by atoms with Crippen LogP contribution in [0.3, 0.4) is 0 Å². The van der Waals surface area contributed by atoms with Gasteiger partial charge in [-0.05, 0) is 68.1 Å². The first-order valence-electron chi connectivity index (χ1n) is 10.3. The predicted octanol–water partition coefficient (Wildman–Crippen LogP) is 4.75. The predicted molar refractivity (Wildman–Crippen MR) is 114 cm³/mol. The van der Waals surface area contributed by atoms with Gasteiger partial charge in [-0.15, -0.1) is 0 Å². The monoisotopic (exact) mass is 456 g/mol. The fourth-order valence-electron chi connectivity index (χ4n) is 3.51. The third kappa shape index (κ3) is 7.80. The van der Waals surface area contributed by atoms with Crippen molar-refractivity contribution in [2.24, 2.45) is 0 Å². The zero-order valence-corrected chi connectivity index (χ0v) is 18.0. The maximum Gasteiger partial charge on any atom is 0.490 e. The lowest BCUT2D eigenvalue weighted by Gasteiger charge is -2.29. The molecule has 0 saturated heterocycles. The Bertz CT molecular complexity index is 865. The summed E-state index contributed by atoms with van der Waals surface area (Å²) in [5, 5.41) is 14.0. The Balaban J connectivity index is 0.000000451. The second kappa shape index (κ2) is 11.8. The molecule has 0 bridgehead atoms. The van der Waals surface area contributed by atoms with Gasteiger partial charge in [0.15, 0.2) is 0 Å². The number of carboxylic acid groups (broad SMARTS) is 1. The molecule has 1 fully saturated rings. The minimum absolute atomic E-state index is 0.145. The number of ether oxygens (including phenoxy) is 1. The Hall–Kier alpha value is -2.65. The molecular formula is C23H28F4N2O3. The Morgan fingerprint density at radius 3 is 2.06 bits per heavy atom. The number of nitrogens with one attached hydrogen (secondary N) is 2. The van der Waals surface area contributed by atoms with Crippen LogP contribution >= 0.6 is 0 Å². The summed E-state index contributed by atoms with van der Waals surface area (Å²) in [4.78, 5) is 8.90. The summed E-state index contributed by atoms with van der Waals surface area (Å²) in [6, 6.07) is 14.3. The summed E-state index contributed by atoms with van der Waals surface area (Å²) in [6.07, 6.45) is -0.429. The summed E-state index contributed by atoms with van der Waals surface area (Å²) < 4.78 is 51.1. The first-order valence-corrected chi connectivity index (χ1v) is 10.3. The van der Waals surface area contributed by atoms with E-state index in [2.05, 4.69) is 10.6 Å². The Kier molecular flexibility index (Phi) is 9.46. The van der Waals surface area contributed by atoms with E-state index in [9.17, 15) is 17.6 Å². The normalized spacial score (nSPS) is 18.4. The van der Waals surface area contributed by atoms with Gasteiger partial charge in [0.1, 0.15) is 11.6 Å². The van der Waals surface area contributed by atoms with E-state index in [0.717, 1.165) is 35.3 Å². The Labute approximate surface area is 184 Å². The first kappa shape index (κ1) is 25.6. The first-order chi connectivity index (χ1) is 15.1. The van der Waals surface area contributed by atoms with Crippen LogP contribution in [-0.2, 0) is 11.3 Å². The molecule has 1 saturated carbocycles. The smallest absolute Gasteiger partial charge is 0.490 e. The fourth-order valence-corrected chi connectivity index (χ4v) is 3.51. The van der Waals surface area contributed by atoms with Gasteiger partial charge >= 0.3 is 12.1 Å². The van der Waals surface area contributed by atoms with E-state index in [-0.39, 0.29) is 5.82 Å². The van der Waals surface area contributed by atoms with Gasteiger partial charge in [0.25, 0.3) is 0 Å². The highest BCUT2D eigenvalue weighted by Gasteiger charge is 2.38. The fraction of sp³-hybridized carbons (Fsp3) is 0.435. The molecule has 0 amide bonds. The molecule has 176 valence electrons. The molecule has 0 aliphatic heterocycles. The lowest BCUT2D eigenvalue weighted by molar-refractivity contribution is -0.192. The number of carbonyl (C=O) groups is 1. The van der Waals surface area contributed by atoms with Crippen LogP contribution in [0.1, 0.15) is 31.2 Å². The summed E-state index contributed by atoms with van der Waals surface area (Å²) in [6.45, 7) is 0.574. The molecule has 0 spiro atoms. The van der Waals surface area contributed by atoms with E-state index >= 15 is 0 Å². The SMILES string of the molecule is CNC1CCC(NCc2cc(-c3ccc(OC)cc3)ccc2F)CC1.O=C(O)C(F)(F)F. The topological polar surface area (TPSA) is 70.6 Å². The molecule has 32 heavy (non-hydrogen) atoms. The minimum Gasteiger partial charge on any atom is -0.497 e. The number of benzene rings is 2. The summed E-state index contributed by atoms with van der Waals surface area (Å²) in [7, 11) is 3.68. The molecule has 1 aliphatic rings. The van der Waals surface area contributed by atoms with Crippen LogP contribution in [0.4, 0.5) is 17.6 Å². The maximum atomic E-state index is 14.2. The Morgan fingerprint density at radius 2 is 1.56 bits per heavy atom. The third-order valence-corrected chi connectivity index (χ3v) is 5.43. The Morgan fingerprint density at radius 1 is 1.03 bits per heavy atom. The number of rotatable bonds is 6. The van der Waals surface area contributed by atoms with E-state index < -0.39 is 12.1 Å². The van der Waals surface area contributed by atoms with Crippen LogP contribution in [0.15, 0.2) is 42.5 Å². The molecule has 0 heterocycles. The summed E-state index contributed by atoms with van der Waals surface area (Å²) >= 11 is 0. The van der Waals surface area contributed by atoms with Gasteiger partial charge in [0.2, 0.25) is 0 Å².